The molecule has 0 heterocycles. The molecule has 0 aliphatic carbocycles. The lowest BCUT2D eigenvalue weighted by atomic mass is 10.1. The molecule has 0 aliphatic rings. The maximum atomic E-state index is 14.9. The van der Waals surface area contributed by atoms with Crippen molar-refractivity contribution >= 4 is 18.0 Å². The van der Waals surface area contributed by atoms with Gasteiger partial charge in [0.1, 0.15) is 24.1 Å². The van der Waals surface area contributed by atoms with Gasteiger partial charge < -0.3 is 24.8 Å². The van der Waals surface area contributed by atoms with Crippen LogP contribution in [0, 0.1) is 5.82 Å². The van der Waals surface area contributed by atoms with Crippen LogP contribution in [0.15, 0.2) is 78.9 Å². The lowest BCUT2D eigenvalue weighted by Gasteiger charge is -2.27. The van der Waals surface area contributed by atoms with E-state index in [1.165, 1.54) is 17.0 Å². The Morgan fingerprint density at radius 2 is 1.54 bits per heavy atom. The summed E-state index contributed by atoms with van der Waals surface area (Å²) in [5.74, 6) is -1.90. The smallest absolute Gasteiger partial charge is 0.408 e. The van der Waals surface area contributed by atoms with E-state index in [1.54, 1.807) is 69.3 Å². The lowest BCUT2D eigenvalue weighted by molar-refractivity contribution is -0.135. The summed E-state index contributed by atoms with van der Waals surface area (Å²) >= 11 is 0. The lowest BCUT2D eigenvalue weighted by Crippen LogP contribution is -2.50. The van der Waals surface area contributed by atoms with Crippen molar-refractivity contribution in [3.8, 4) is 0 Å². The topological polar surface area (TPSA) is 105 Å². The Balaban J connectivity index is 1.80. The van der Waals surface area contributed by atoms with Crippen molar-refractivity contribution in [3.05, 3.63) is 107 Å². The number of halogens is 1. The molecule has 8 nitrogen and oxygen atoms in total. The van der Waals surface area contributed by atoms with Crippen molar-refractivity contribution in [2.75, 3.05) is 6.61 Å². The van der Waals surface area contributed by atoms with Gasteiger partial charge >= 0.3 is 12.1 Å². The zero-order valence-electron chi connectivity index (χ0n) is 22.2. The maximum Gasteiger partial charge on any atom is 0.408 e. The monoisotopic (exact) mass is 536 g/mol. The number of esters is 1. The molecule has 9 heteroatoms. The fraction of sp³-hybridized carbons (Fsp3) is 0.300. The molecule has 2 N–H and O–H groups in total. The number of benzene rings is 3. The Bertz CT molecular complexity index is 1260. The number of rotatable bonds is 10. The largest absolute Gasteiger partial charge is 0.456 e. The highest BCUT2D eigenvalue weighted by Gasteiger charge is 2.28. The van der Waals surface area contributed by atoms with Gasteiger partial charge in [-0.2, -0.15) is 0 Å². The second kappa shape index (κ2) is 13.5. The van der Waals surface area contributed by atoms with Crippen LogP contribution in [-0.2, 0) is 34.0 Å². The summed E-state index contributed by atoms with van der Waals surface area (Å²) in [4.78, 5) is 39.7. The van der Waals surface area contributed by atoms with E-state index in [9.17, 15) is 23.9 Å². The second-order valence-electron chi connectivity index (χ2n) is 9.93. The van der Waals surface area contributed by atoms with Crippen LogP contribution in [0.4, 0.5) is 9.18 Å². The van der Waals surface area contributed by atoms with Crippen molar-refractivity contribution in [2.24, 2.45) is 0 Å². The molecule has 0 bridgehead atoms. The number of amides is 2. The number of aliphatic hydroxyl groups is 1. The number of aliphatic hydroxyl groups excluding tert-OH is 1. The minimum absolute atomic E-state index is 0.0184. The van der Waals surface area contributed by atoms with Crippen LogP contribution in [0.2, 0.25) is 0 Å². The third-order valence-corrected chi connectivity index (χ3v) is 5.55. The number of ether oxygens (including phenoxy) is 2. The Hall–Kier alpha value is -4.24. The van der Waals surface area contributed by atoms with Crippen LogP contribution < -0.4 is 5.32 Å². The van der Waals surface area contributed by atoms with E-state index in [-0.39, 0.29) is 30.8 Å². The van der Waals surface area contributed by atoms with E-state index in [1.807, 2.05) is 12.1 Å². The molecule has 0 unspecified atom stereocenters. The molecule has 206 valence electrons. The van der Waals surface area contributed by atoms with Gasteiger partial charge in [0, 0.05) is 18.7 Å². The predicted octanol–water partition coefficient (Wildman–Crippen LogP) is 4.60. The highest BCUT2D eigenvalue weighted by Crippen LogP contribution is 2.19. The highest BCUT2D eigenvalue weighted by atomic mass is 19.1. The highest BCUT2D eigenvalue weighted by molar-refractivity contribution is 5.90. The van der Waals surface area contributed by atoms with E-state index in [0.717, 1.165) is 17.2 Å². The first-order valence-corrected chi connectivity index (χ1v) is 12.5. The number of carbonyl (C=O) groups is 3. The number of nitrogens with zero attached hydrogens (tertiary/aromatic N) is 1. The number of alkyl carbamates (subject to hydrolysis) is 1. The molecular weight excluding hydrogens is 503 g/mol. The van der Waals surface area contributed by atoms with Crippen molar-refractivity contribution in [1.82, 2.24) is 10.2 Å². The molecule has 0 fully saturated rings. The van der Waals surface area contributed by atoms with Gasteiger partial charge in [-0.05, 0) is 50.1 Å². The molecule has 1 atom stereocenters. The zero-order chi connectivity index (χ0) is 28.4. The fourth-order valence-corrected chi connectivity index (χ4v) is 3.69. The summed E-state index contributed by atoms with van der Waals surface area (Å²) in [7, 11) is 0. The van der Waals surface area contributed by atoms with Gasteiger partial charge in [-0.15, -0.1) is 0 Å². The van der Waals surface area contributed by atoms with Gasteiger partial charge in [-0.25, -0.2) is 14.0 Å². The molecule has 3 rings (SSSR count). The normalized spacial score (nSPS) is 11.8. The van der Waals surface area contributed by atoms with Crippen molar-refractivity contribution in [2.45, 2.75) is 52.1 Å². The number of hydrogen-bond acceptors (Lipinski definition) is 6. The van der Waals surface area contributed by atoms with E-state index < -0.39 is 42.0 Å². The van der Waals surface area contributed by atoms with Crippen molar-refractivity contribution < 1.29 is 33.4 Å². The summed E-state index contributed by atoms with van der Waals surface area (Å²) in [6.07, 6.45) is -0.885. The van der Waals surface area contributed by atoms with Gasteiger partial charge in [0.15, 0.2) is 0 Å². The second-order valence-corrected chi connectivity index (χ2v) is 9.93. The summed E-state index contributed by atoms with van der Waals surface area (Å²) in [5.41, 5.74) is 0.972. The molecule has 0 saturated heterocycles. The summed E-state index contributed by atoms with van der Waals surface area (Å²) in [6.45, 7) is 4.29. The first-order chi connectivity index (χ1) is 18.6. The quantitative estimate of drug-likeness (QED) is 0.367. The average Bonchev–Trinajstić information content (AvgIpc) is 2.91. The number of hydrogen-bond donors (Lipinski definition) is 2. The SMILES string of the molecule is CC(C)(C)OC(=O)c1ccc(F)c(CN(Cc2ccccc2)C(=O)[C@H](CO)NC(=O)OCc2ccccc2)c1. The van der Waals surface area contributed by atoms with Crippen LogP contribution in [-0.4, -0.2) is 46.2 Å². The van der Waals surface area contributed by atoms with Gasteiger partial charge in [0.2, 0.25) is 5.91 Å². The fourth-order valence-electron chi connectivity index (χ4n) is 3.69. The first-order valence-electron chi connectivity index (χ1n) is 12.5. The van der Waals surface area contributed by atoms with E-state index >= 15 is 0 Å². The number of nitrogens with one attached hydrogen (secondary N) is 1. The molecule has 0 saturated carbocycles. The van der Waals surface area contributed by atoms with Crippen LogP contribution in [0.5, 0.6) is 0 Å². The molecule has 3 aromatic carbocycles. The molecule has 0 aliphatic heterocycles. The van der Waals surface area contributed by atoms with Crippen LogP contribution >= 0.6 is 0 Å². The van der Waals surface area contributed by atoms with Crippen molar-refractivity contribution in [1.29, 1.82) is 0 Å². The zero-order valence-corrected chi connectivity index (χ0v) is 22.2. The van der Waals surface area contributed by atoms with Crippen LogP contribution in [0.1, 0.15) is 47.8 Å². The molecule has 3 aromatic rings. The third kappa shape index (κ3) is 9.22. The minimum atomic E-state index is -1.34. The molecule has 39 heavy (non-hydrogen) atoms. The maximum absolute atomic E-state index is 14.9. The molecular formula is C30H33FN2O6. The summed E-state index contributed by atoms with van der Waals surface area (Å²) in [5, 5.41) is 12.3. The number of carbonyl (C=O) groups excluding carboxylic acids is 3. The van der Waals surface area contributed by atoms with Gasteiger partial charge in [0.05, 0.1) is 12.2 Å². The minimum Gasteiger partial charge on any atom is -0.456 e. The standard InChI is InChI=1S/C30H33FN2O6/c1-30(2,3)39-28(36)23-14-15-25(31)24(16-23)18-33(17-21-10-6-4-7-11-21)27(35)26(19-34)32-29(37)38-20-22-12-8-5-9-13-22/h4-16,26,34H,17-20H2,1-3H3,(H,32,37)/t26-/m0/s1. The van der Waals surface area contributed by atoms with Crippen LogP contribution in [0.25, 0.3) is 0 Å². The van der Waals surface area contributed by atoms with Gasteiger partial charge in [-0.3, -0.25) is 4.79 Å². The van der Waals surface area contributed by atoms with Gasteiger partial charge in [-0.1, -0.05) is 60.7 Å². The Kier molecular flexibility index (Phi) is 10.2. The first kappa shape index (κ1) is 29.3. The summed E-state index contributed by atoms with van der Waals surface area (Å²) < 4.78 is 25.4. The Labute approximate surface area is 227 Å². The third-order valence-electron chi connectivity index (χ3n) is 5.55. The van der Waals surface area contributed by atoms with E-state index in [4.69, 9.17) is 9.47 Å². The summed E-state index contributed by atoms with van der Waals surface area (Å²) in [6, 6.07) is 20.5. The molecule has 2 amide bonds. The molecule has 0 aromatic heterocycles. The predicted molar refractivity (Wildman–Crippen MR) is 143 cm³/mol. The van der Waals surface area contributed by atoms with Crippen molar-refractivity contribution in [3.63, 3.8) is 0 Å². The molecule has 0 radical (unpaired) electrons. The molecule has 0 spiro atoms. The Morgan fingerprint density at radius 1 is 0.923 bits per heavy atom. The van der Waals surface area contributed by atoms with Gasteiger partial charge in [0.25, 0.3) is 0 Å². The average molecular weight is 537 g/mol. The van der Waals surface area contributed by atoms with E-state index in [2.05, 4.69) is 5.32 Å². The van der Waals surface area contributed by atoms with E-state index in [0.29, 0.717) is 0 Å². The Morgan fingerprint density at radius 3 is 2.13 bits per heavy atom. The van der Waals surface area contributed by atoms with Crippen LogP contribution in [0.3, 0.4) is 0 Å².